The SMILES string of the molecule is CC(C)c1c(C(C)(C)O)nc2c(F)cc(-c3nc(N[C@@H]4CCOC[C@H]4O)ncc3F)cn12. The van der Waals surface area contributed by atoms with Gasteiger partial charge in [-0.2, -0.15) is 0 Å². The number of aliphatic hydroxyl groups is 2. The molecule has 0 bridgehead atoms. The zero-order valence-electron chi connectivity index (χ0n) is 18.4. The summed E-state index contributed by atoms with van der Waals surface area (Å²) in [5, 5.41) is 23.6. The Morgan fingerprint density at radius 3 is 2.66 bits per heavy atom. The number of aliphatic hydroxyl groups excluding tert-OH is 1. The van der Waals surface area contributed by atoms with Crippen molar-refractivity contribution in [3.8, 4) is 11.3 Å². The summed E-state index contributed by atoms with van der Waals surface area (Å²) >= 11 is 0. The van der Waals surface area contributed by atoms with E-state index in [-0.39, 0.29) is 41.4 Å². The molecule has 4 rings (SSSR count). The molecule has 3 aromatic heterocycles. The largest absolute Gasteiger partial charge is 0.389 e. The minimum absolute atomic E-state index is 0.0488. The smallest absolute Gasteiger partial charge is 0.223 e. The summed E-state index contributed by atoms with van der Waals surface area (Å²) in [5.74, 6) is -1.33. The minimum Gasteiger partial charge on any atom is -0.389 e. The van der Waals surface area contributed by atoms with Crippen LogP contribution in [-0.2, 0) is 10.3 Å². The Balaban J connectivity index is 1.80. The second-order valence-electron chi connectivity index (χ2n) is 8.90. The third-order valence-corrected chi connectivity index (χ3v) is 5.50. The van der Waals surface area contributed by atoms with Crippen LogP contribution in [-0.4, -0.2) is 54.9 Å². The lowest BCUT2D eigenvalue weighted by atomic mass is 9.98. The minimum atomic E-state index is -1.28. The summed E-state index contributed by atoms with van der Waals surface area (Å²) in [6.45, 7) is 7.67. The van der Waals surface area contributed by atoms with E-state index in [9.17, 15) is 14.6 Å². The van der Waals surface area contributed by atoms with Crippen molar-refractivity contribution in [3.05, 3.63) is 41.5 Å². The number of hydrogen-bond acceptors (Lipinski definition) is 7. The molecular weight excluding hydrogens is 420 g/mol. The van der Waals surface area contributed by atoms with Gasteiger partial charge in [0.15, 0.2) is 17.3 Å². The Morgan fingerprint density at radius 1 is 1.25 bits per heavy atom. The number of ether oxygens (including phenoxy) is 1. The molecule has 3 aromatic rings. The number of nitrogens with zero attached hydrogens (tertiary/aromatic N) is 4. The van der Waals surface area contributed by atoms with Crippen molar-refractivity contribution in [2.24, 2.45) is 0 Å². The van der Waals surface area contributed by atoms with Crippen LogP contribution in [0.3, 0.4) is 0 Å². The van der Waals surface area contributed by atoms with Crippen LogP contribution >= 0.6 is 0 Å². The van der Waals surface area contributed by atoms with Gasteiger partial charge in [-0.25, -0.2) is 23.7 Å². The number of pyridine rings is 1. The Labute approximate surface area is 184 Å². The molecule has 0 saturated carbocycles. The van der Waals surface area contributed by atoms with E-state index in [2.05, 4.69) is 20.3 Å². The van der Waals surface area contributed by atoms with Gasteiger partial charge in [-0.3, -0.25) is 0 Å². The number of halogens is 2. The van der Waals surface area contributed by atoms with E-state index in [0.717, 1.165) is 6.20 Å². The van der Waals surface area contributed by atoms with Gasteiger partial charge >= 0.3 is 0 Å². The first-order valence-electron chi connectivity index (χ1n) is 10.6. The maximum Gasteiger partial charge on any atom is 0.223 e. The molecule has 0 aliphatic carbocycles. The average molecular weight is 447 g/mol. The first-order valence-corrected chi connectivity index (χ1v) is 10.6. The predicted octanol–water partition coefficient (Wildman–Crippen LogP) is 2.98. The summed E-state index contributed by atoms with van der Waals surface area (Å²) in [4.78, 5) is 12.5. The first-order chi connectivity index (χ1) is 15.1. The number of anilines is 1. The molecule has 10 heteroatoms. The van der Waals surface area contributed by atoms with Gasteiger partial charge in [0.1, 0.15) is 11.3 Å². The molecular formula is C22H27F2N5O3. The lowest BCUT2D eigenvalue weighted by Gasteiger charge is -2.28. The van der Waals surface area contributed by atoms with E-state index in [1.54, 1.807) is 24.4 Å². The Morgan fingerprint density at radius 2 is 2.00 bits per heavy atom. The molecule has 4 heterocycles. The zero-order valence-corrected chi connectivity index (χ0v) is 18.4. The van der Waals surface area contributed by atoms with E-state index >= 15 is 4.39 Å². The number of aromatic nitrogens is 4. The standard InChI is InChI=1S/C22H27F2N5O3/c1-11(2)18-19(22(3,4)31)28-20-13(23)7-12(9-29(18)20)17-14(24)8-25-21(27-17)26-15-5-6-32-10-16(15)30/h7-9,11,15-16,30-31H,5-6,10H2,1-4H3,(H,25,26,27)/t15-,16-/m1/s1. The molecule has 1 aliphatic heterocycles. The summed E-state index contributed by atoms with van der Waals surface area (Å²) in [6, 6.07) is 0.829. The van der Waals surface area contributed by atoms with Crippen molar-refractivity contribution in [2.45, 2.75) is 57.8 Å². The summed E-state index contributed by atoms with van der Waals surface area (Å²) in [6.07, 6.45) is 2.38. The van der Waals surface area contributed by atoms with Crippen molar-refractivity contribution in [1.29, 1.82) is 0 Å². The highest BCUT2D eigenvalue weighted by molar-refractivity contribution is 5.64. The predicted molar refractivity (Wildman–Crippen MR) is 114 cm³/mol. The normalized spacial score (nSPS) is 19.7. The number of nitrogens with one attached hydrogen (secondary N) is 1. The molecule has 0 spiro atoms. The van der Waals surface area contributed by atoms with E-state index in [1.807, 2.05) is 13.8 Å². The van der Waals surface area contributed by atoms with Gasteiger partial charge in [0, 0.05) is 18.4 Å². The maximum absolute atomic E-state index is 15.0. The van der Waals surface area contributed by atoms with Crippen LogP contribution in [0.25, 0.3) is 16.9 Å². The molecule has 8 nitrogen and oxygen atoms in total. The third kappa shape index (κ3) is 4.17. The highest BCUT2D eigenvalue weighted by atomic mass is 19.1. The highest BCUT2D eigenvalue weighted by Crippen LogP contribution is 2.32. The molecule has 3 N–H and O–H groups in total. The Hall–Kier alpha value is -2.69. The Bertz CT molecular complexity index is 1140. The second-order valence-corrected chi connectivity index (χ2v) is 8.90. The number of hydrogen-bond donors (Lipinski definition) is 3. The first kappa shape index (κ1) is 22.5. The van der Waals surface area contributed by atoms with E-state index < -0.39 is 23.3 Å². The van der Waals surface area contributed by atoms with E-state index in [4.69, 9.17) is 4.74 Å². The van der Waals surface area contributed by atoms with E-state index in [1.165, 1.54) is 6.07 Å². The molecule has 172 valence electrons. The maximum atomic E-state index is 15.0. The fourth-order valence-electron chi connectivity index (χ4n) is 3.95. The van der Waals surface area contributed by atoms with Gasteiger partial charge < -0.3 is 24.7 Å². The molecule has 32 heavy (non-hydrogen) atoms. The molecule has 0 unspecified atom stereocenters. The van der Waals surface area contributed by atoms with Gasteiger partial charge in [-0.15, -0.1) is 0 Å². The molecule has 0 aromatic carbocycles. The van der Waals surface area contributed by atoms with Crippen LogP contribution in [0.4, 0.5) is 14.7 Å². The quantitative estimate of drug-likeness (QED) is 0.552. The van der Waals surface area contributed by atoms with Crippen LogP contribution in [0.5, 0.6) is 0 Å². The summed E-state index contributed by atoms with van der Waals surface area (Å²) in [5.41, 5.74) is -0.119. The topological polar surface area (TPSA) is 105 Å². The van der Waals surface area contributed by atoms with Crippen LogP contribution in [0.1, 0.15) is 51.4 Å². The molecule has 1 aliphatic rings. The zero-order chi connectivity index (χ0) is 23.2. The van der Waals surface area contributed by atoms with Gasteiger partial charge in [0.2, 0.25) is 5.95 Å². The van der Waals surface area contributed by atoms with Crippen LogP contribution in [0.2, 0.25) is 0 Å². The van der Waals surface area contributed by atoms with Crippen LogP contribution in [0.15, 0.2) is 18.5 Å². The van der Waals surface area contributed by atoms with Crippen molar-refractivity contribution >= 4 is 11.6 Å². The Kier molecular flexibility index (Phi) is 5.87. The van der Waals surface area contributed by atoms with Gasteiger partial charge in [0.05, 0.1) is 36.3 Å². The summed E-state index contributed by atoms with van der Waals surface area (Å²) in [7, 11) is 0. The fourth-order valence-corrected chi connectivity index (χ4v) is 3.95. The van der Waals surface area contributed by atoms with Crippen LogP contribution < -0.4 is 5.32 Å². The van der Waals surface area contributed by atoms with Gasteiger partial charge in [0.25, 0.3) is 0 Å². The molecule has 0 radical (unpaired) electrons. The van der Waals surface area contributed by atoms with Crippen LogP contribution in [0, 0.1) is 11.6 Å². The van der Waals surface area contributed by atoms with Crippen molar-refractivity contribution in [3.63, 3.8) is 0 Å². The molecule has 2 atom stereocenters. The van der Waals surface area contributed by atoms with Gasteiger partial charge in [-0.1, -0.05) is 13.8 Å². The fraction of sp³-hybridized carbons (Fsp3) is 0.500. The molecule has 0 amide bonds. The van der Waals surface area contributed by atoms with Gasteiger partial charge in [-0.05, 0) is 32.3 Å². The number of fused-ring (bicyclic) bond motifs is 1. The van der Waals surface area contributed by atoms with Crippen molar-refractivity contribution in [2.75, 3.05) is 18.5 Å². The summed E-state index contributed by atoms with van der Waals surface area (Å²) < 4.78 is 36.5. The highest BCUT2D eigenvalue weighted by Gasteiger charge is 2.29. The lowest BCUT2D eigenvalue weighted by Crippen LogP contribution is -2.42. The monoisotopic (exact) mass is 447 g/mol. The average Bonchev–Trinajstić information content (AvgIpc) is 3.12. The second kappa shape index (κ2) is 8.34. The third-order valence-electron chi connectivity index (χ3n) is 5.50. The molecule has 1 fully saturated rings. The lowest BCUT2D eigenvalue weighted by molar-refractivity contribution is -0.0136. The number of rotatable bonds is 5. The van der Waals surface area contributed by atoms with Crippen molar-refractivity contribution in [1.82, 2.24) is 19.4 Å². The number of imidazole rings is 1. The molecule has 1 saturated heterocycles. The van der Waals surface area contributed by atoms with Crippen molar-refractivity contribution < 1.29 is 23.7 Å². The van der Waals surface area contributed by atoms with E-state index in [0.29, 0.717) is 24.4 Å².